The maximum atomic E-state index is 5.42. The van der Waals surface area contributed by atoms with Gasteiger partial charge >= 0.3 is 0 Å². The second-order valence-electron chi connectivity index (χ2n) is 3.83. The lowest BCUT2D eigenvalue weighted by molar-refractivity contribution is 0.536. The van der Waals surface area contributed by atoms with Crippen molar-refractivity contribution in [2.45, 2.75) is 40.3 Å². The van der Waals surface area contributed by atoms with Crippen LogP contribution < -0.4 is 10.2 Å². The van der Waals surface area contributed by atoms with Crippen molar-refractivity contribution in [1.82, 2.24) is 10.3 Å². The molecular weight excluding hydrogens is 190 g/mol. The molecular formula is C11H21N3O. The van der Waals surface area contributed by atoms with Crippen LogP contribution in [0.25, 0.3) is 0 Å². The Labute approximate surface area is 91.7 Å². The minimum Gasteiger partial charge on any atom is -0.432 e. The van der Waals surface area contributed by atoms with Crippen LogP contribution in [0.5, 0.6) is 0 Å². The van der Waals surface area contributed by atoms with Gasteiger partial charge in [-0.25, -0.2) is 0 Å². The summed E-state index contributed by atoms with van der Waals surface area (Å²) >= 11 is 0. The molecule has 0 spiro atoms. The zero-order valence-electron chi connectivity index (χ0n) is 10.1. The highest BCUT2D eigenvalue weighted by Gasteiger charge is 2.09. The molecule has 0 saturated heterocycles. The average Bonchev–Trinajstić information content (AvgIpc) is 2.65. The van der Waals surface area contributed by atoms with Gasteiger partial charge in [0, 0.05) is 25.7 Å². The molecule has 86 valence electrons. The lowest BCUT2D eigenvalue weighted by Crippen LogP contribution is -2.23. The molecule has 1 aromatic rings. The fourth-order valence-electron chi connectivity index (χ4n) is 1.33. The van der Waals surface area contributed by atoms with Crippen molar-refractivity contribution >= 4 is 6.01 Å². The lowest BCUT2D eigenvalue weighted by atomic mass is 10.4. The number of hydrogen-bond acceptors (Lipinski definition) is 4. The summed E-state index contributed by atoms with van der Waals surface area (Å²) < 4.78 is 5.42. The molecule has 0 aliphatic carbocycles. The zero-order valence-corrected chi connectivity index (χ0v) is 10.1. The van der Waals surface area contributed by atoms with Crippen molar-refractivity contribution in [1.29, 1.82) is 0 Å². The smallest absolute Gasteiger partial charge is 0.297 e. The van der Waals surface area contributed by atoms with Gasteiger partial charge in [-0.15, -0.1) is 0 Å². The van der Waals surface area contributed by atoms with Gasteiger partial charge in [-0.2, -0.15) is 4.98 Å². The van der Waals surface area contributed by atoms with E-state index in [1.165, 1.54) is 0 Å². The van der Waals surface area contributed by atoms with Gasteiger partial charge in [-0.1, -0.05) is 13.8 Å². The Balaban J connectivity index is 2.55. The number of aromatic nitrogens is 1. The monoisotopic (exact) mass is 211 g/mol. The van der Waals surface area contributed by atoms with Gasteiger partial charge in [0.15, 0.2) is 0 Å². The number of rotatable bonds is 6. The van der Waals surface area contributed by atoms with E-state index in [2.05, 4.69) is 42.9 Å². The summed E-state index contributed by atoms with van der Waals surface area (Å²) in [6.07, 6.45) is 1.73. The molecule has 0 atom stereocenters. The second kappa shape index (κ2) is 5.75. The molecule has 0 aromatic carbocycles. The van der Waals surface area contributed by atoms with Crippen molar-refractivity contribution in [3.63, 3.8) is 0 Å². The van der Waals surface area contributed by atoms with E-state index in [1.807, 2.05) is 0 Å². The van der Waals surface area contributed by atoms with Gasteiger partial charge in [0.1, 0.15) is 6.26 Å². The number of nitrogens with zero attached hydrogens (tertiary/aromatic N) is 2. The summed E-state index contributed by atoms with van der Waals surface area (Å²) in [6, 6.07) is 1.19. The molecule has 0 radical (unpaired) electrons. The van der Waals surface area contributed by atoms with Gasteiger partial charge in [0.05, 0.1) is 5.69 Å². The van der Waals surface area contributed by atoms with Crippen LogP contribution in [-0.2, 0) is 6.54 Å². The average molecular weight is 211 g/mol. The van der Waals surface area contributed by atoms with Crippen molar-refractivity contribution in [3.05, 3.63) is 12.0 Å². The van der Waals surface area contributed by atoms with E-state index in [-0.39, 0.29) is 0 Å². The van der Waals surface area contributed by atoms with Crippen LogP contribution in [0.1, 0.15) is 33.4 Å². The molecule has 0 amide bonds. The van der Waals surface area contributed by atoms with Crippen molar-refractivity contribution in [3.8, 4) is 0 Å². The van der Waals surface area contributed by atoms with Crippen molar-refractivity contribution in [2.24, 2.45) is 0 Å². The maximum absolute atomic E-state index is 5.42. The van der Waals surface area contributed by atoms with E-state index in [9.17, 15) is 0 Å². The third-order valence-corrected chi connectivity index (χ3v) is 2.27. The van der Waals surface area contributed by atoms with Crippen LogP contribution in [0.4, 0.5) is 6.01 Å². The Morgan fingerprint density at radius 2 is 2.07 bits per heavy atom. The largest absolute Gasteiger partial charge is 0.432 e. The molecule has 4 heteroatoms. The van der Waals surface area contributed by atoms with E-state index in [1.54, 1.807) is 6.26 Å². The first-order valence-corrected chi connectivity index (χ1v) is 5.60. The molecule has 0 fully saturated rings. The Kier molecular flexibility index (Phi) is 4.62. The number of hydrogen-bond donors (Lipinski definition) is 1. The molecule has 4 nitrogen and oxygen atoms in total. The summed E-state index contributed by atoms with van der Waals surface area (Å²) in [5.41, 5.74) is 0.964. The van der Waals surface area contributed by atoms with E-state index in [0.717, 1.165) is 31.3 Å². The number of oxazole rings is 1. The van der Waals surface area contributed by atoms with Gasteiger partial charge in [-0.05, 0) is 13.8 Å². The SMILES string of the molecule is CCN(CC)c1nc(CNC(C)C)co1. The van der Waals surface area contributed by atoms with Crippen LogP contribution in [0, 0.1) is 0 Å². The van der Waals surface area contributed by atoms with Crippen LogP contribution >= 0.6 is 0 Å². The summed E-state index contributed by atoms with van der Waals surface area (Å²) in [6.45, 7) is 11.0. The number of nitrogens with one attached hydrogen (secondary N) is 1. The molecule has 15 heavy (non-hydrogen) atoms. The van der Waals surface area contributed by atoms with Crippen LogP contribution in [0.15, 0.2) is 10.7 Å². The fraction of sp³-hybridized carbons (Fsp3) is 0.727. The first-order valence-electron chi connectivity index (χ1n) is 5.60. The standard InChI is InChI=1S/C11H21N3O/c1-5-14(6-2)11-13-10(8-15-11)7-12-9(3)4/h8-9,12H,5-7H2,1-4H3. The molecule has 0 aliphatic rings. The topological polar surface area (TPSA) is 41.3 Å². The van der Waals surface area contributed by atoms with Gasteiger partial charge < -0.3 is 14.6 Å². The van der Waals surface area contributed by atoms with Gasteiger partial charge in [0.2, 0.25) is 0 Å². The summed E-state index contributed by atoms with van der Waals surface area (Å²) in [4.78, 5) is 6.52. The van der Waals surface area contributed by atoms with E-state index in [4.69, 9.17) is 4.42 Å². The molecule has 0 unspecified atom stereocenters. The van der Waals surface area contributed by atoms with Crippen LogP contribution in [-0.4, -0.2) is 24.1 Å². The molecule has 1 N–H and O–H groups in total. The van der Waals surface area contributed by atoms with Gasteiger partial charge in [0.25, 0.3) is 6.01 Å². The fourth-order valence-corrected chi connectivity index (χ4v) is 1.33. The summed E-state index contributed by atoms with van der Waals surface area (Å²) in [5.74, 6) is 0. The lowest BCUT2D eigenvalue weighted by Gasteiger charge is -2.14. The predicted molar refractivity (Wildman–Crippen MR) is 62.0 cm³/mol. The predicted octanol–water partition coefficient (Wildman–Crippen LogP) is 2.02. The van der Waals surface area contributed by atoms with E-state index >= 15 is 0 Å². The highest BCUT2D eigenvalue weighted by molar-refractivity contribution is 5.26. The minimum atomic E-state index is 0.471. The maximum Gasteiger partial charge on any atom is 0.297 e. The Hall–Kier alpha value is -1.03. The third kappa shape index (κ3) is 3.55. The second-order valence-corrected chi connectivity index (χ2v) is 3.83. The highest BCUT2D eigenvalue weighted by atomic mass is 16.4. The highest BCUT2D eigenvalue weighted by Crippen LogP contribution is 2.12. The molecule has 1 heterocycles. The molecule has 0 aliphatic heterocycles. The third-order valence-electron chi connectivity index (χ3n) is 2.27. The summed E-state index contributed by atoms with van der Waals surface area (Å²) in [7, 11) is 0. The van der Waals surface area contributed by atoms with Gasteiger partial charge in [-0.3, -0.25) is 0 Å². The number of anilines is 1. The minimum absolute atomic E-state index is 0.471. The normalized spacial score (nSPS) is 11.0. The first-order chi connectivity index (χ1) is 7.17. The van der Waals surface area contributed by atoms with Crippen molar-refractivity contribution in [2.75, 3.05) is 18.0 Å². The Morgan fingerprint density at radius 3 is 2.60 bits per heavy atom. The van der Waals surface area contributed by atoms with Crippen molar-refractivity contribution < 1.29 is 4.42 Å². The Morgan fingerprint density at radius 1 is 1.40 bits per heavy atom. The molecule has 1 rings (SSSR count). The Bertz CT molecular complexity index is 279. The van der Waals surface area contributed by atoms with E-state index < -0.39 is 0 Å². The quantitative estimate of drug-likeness (QED) is 0.781. The van der Waals surface area contributed by atoms with Crippen LogP contribution in [0.3, 0.4) is 0 Å². The zero-order chi connectivity index (χ0) is 11.3. The van der Waals surface area contributed by atoms with E-state index in [0.29, 0.717) is 6.04 Å². The molecule has 0 bridgehead atoms. The van der Waals surface area contributed by atoms with Crippen LogP contribution in [0.2, 0.25) is 0 Å². The molecule has 1 aromatic heterocycles. The molecule has 0 saturated carbocycles. The summed E-state index contributed by atoms with van der Waals surface area (Å²) in [5, 5.41) is 3.31. The first kappa shape index (κ1) is 12.0.